The average molecular weight is 415 g/mol. The van der Waals surface area contributed by atoms with Gasteiger partial charge in [0.1, 0.15) is 0 Å². The molecular weight excluding hydrogens is 388 g/mol. The van der Waals surface area contributed by atoms with Crippen molar-refractivity contribution in [2.24, 2.45) is 0 Å². The van der Waals surface area contributed by atoms with Gasteiger partial charge in [0, 0.05) is 18.2 Å². The first kappa shape index (κ1) is 20.8. The van der Waals surface area contributed by atoms with Gasteiger partial charge in [-0.2, -0.15) is 5.10 Å². The quantitative estimate of drug-likeness (QED) is 0.466. The van der Waals surface area contributed by atoms with Crippen LogP contribution in [0.15, 0.2) is 72.9 Å². The van der Waals surface area contributed by atoms with Gasteiger partial charge in [0.15, 0.2) is 5.65 Å². The van der Waals surface area contributed by atoms with Crippen molar-refractivity contribution in [1.82, 2.24) is 20.1 Å². The van der Waals surface area contributed by atoms with Gasteiger partial charge in [-0.3, -0.25) is 4.79 Å². The molecule has 2 aromatic carbocycles. The zero-order valence-corrected chi connectivity index (χ0v) is 17.7. The number of nitrogens with zero attached hydrogens (tertiary/aromatic N) is 3. The summed E-state index contributed by atoms with van der Waals surface area (Å²) in [7, 11) is 0. The molecule has 31 heavy (non-hydrogen) atoms. The number of hydrogen-bond acceptors (Lipinski definition) is 4. The number of hydrogen-bond donors (Lipinski definition) is 2. The number of carbonyl (C=O) groups is 1. The molecule has 1 atom stereocenters. The molecule has 2 heterocycles. The number of benzene rings is 2. The summed E-state index contributed by atoms with van der Waals surface area (Å²) in [5.74, 6) is -0.201. The summed E-state index contributed by atoms with van der Waals surface area (Å²) in [4.78, 5) is 17.9. The topological polar surface area (TPSA) is 80.0 Å². The third-order valence-corrected chi connectivity index (χ3v) is 5.26. The van der Waals surface area contributed by atoms with Crippen molar-refractivity contribution in [3.05, 3.63) is 84.1 Å². The monoisotopic (exact) mass is 414 g/mol. The molecule has 0 fully saturated rings. The second kappa shape index (κ2) is 9.10. The number of amides is 1. The van der Waals surface area contributed by atoms with Crippen LogP contribution in [-0.2, 0) is 0 Å². The molecule has 1 unspecified atom stereocenters. The van der Waals surface area contributed by atoms with Crippen molar-refractivity contribution in [3.8, 4) is 11.3 Å². The predicted octanol–water partition coefficient (Wildman–Crippen LogP) is 4.53. The zero-order chi connectivity index (χ0) is 21.8. The van der Waals surface area contributed by atoms with E-state index in [2.05, 4.69) is 10.4 Å². The summed E-state index contributed by atoms with van der Waals surface area (Å²) in [6, 6.07) is 21.2. The van der Waals surface area contributed by atoms with Crippen LogP contribution >= 0.6 is 0 Å². The highest BCUT2D eigenvalue weighted by atomic mass is 16.3. The second-order valence-corrected chi connectivity index (χ2v) is 7.81. The van der Waals surface area contributed by atoms with E-state index in [1.165, 1.54) is 0 Å². The number of aromatic nitrogens is 3. The molecule has 0 aliphatic heterocycles. The SMILES string of the molecule is CC(C)n1ncc2c(C(=O)NCCC(O)c3ccccc3)cc(-c3ccccc3)nc21. The lowest BCUT2D eigenvalue weighted by Gasteiger charge is -2.13. The summed E-state index contributed by atoms with van der Waals surface area (Å²) in [6.45, 7) is 4.43. The first-order chi connectivity index (χ1) is 15.0. The van der Waals surface area contributed by atoms with Crippen LogP contribution < -0.4 is 5.32 Å². The van der Waals surface area contributed by atoms with E-state index < -0.39 is 6.10 Å². The Bertz CT molecular complexity index is 1170. The largest absolute Gasteiger partial charge is 0.388 e. The number of fused-ring (bicyclic) bond motifs is 1. The molecule has 0 bridgehead atoms. The minimum Gasteiger partial charge on any atom is -0.388 e. The Hall–Kier alpha value is -3.51. The van der Waals surface area contributed by atoms with E-state index in [1.807, 2.05) is 85.3 Å². The van der Waals surface area contributed by atoms with Crippen molar-refractivity contribution >= 4 is 16.9 Å². The van der Waals surface area contributed by atoms with E-state index in [-0.39, 0.29) is 11.9 Å². The van der Waals surface area contributed by atoms with Crippen LogP contribution in [0.3, 0.4) is 0 Å². The smallest absolute Gasteiger partial charge is 0.252 e. The maximum absolute atomic E-state index is 13.1. The molecule has 0 radical (unpaired) electrons. The molecule has 6 heteroatoms. The number of aliphatic hydroxyl groups is 1. The van der Waals surface area contributed by atoms with Gasteiger partial charge in [0.05, 0.1) is 28.9 Å². The summed E-state index contributed by atoms with van der Waals surface area (Å²) in [6.07, 6.45) is 1.51. The van der Waals surface area contributed by atoms with Crippen molar-refractivity contribution in [3.63, 3.8) is 0 Å². The number of nitrogens with one attached hydrogen (secondary N) is 1. The minimum atomic E-state index is -0.623. The number of rotatable bonds is 7. The summed E-state index contributed by atoms with van der Waals surface area (Å²) in [5, 5.41) is 18.5. The van der Waals surface area contributed by atoms with Gasteiger partial charge >= 0.3 is 0 Å². The summed E-state index contributed by atoms with van der Waals surface area (Å²) in [5.41, 5.74) is 3.72. The molecule has 2 N–H and O–H groups in total. The fraction of sp³-hybridized carbons (Fsp3) is 0.240. The third-order valence-electron chi connectivity index (χ3n) is 5.26. The lowest BCUT2D eigenvalue weighted by atomic mass is 10.1. The highest BCUT2D eigenvalue weighted by Crippen LogP contribution is 2.26. The van der Waals surface area contributed by atoms with Crippen molar-refractivity contribution in [2.45, 2.75) is 32.4 Å². The van der Waals surface area contributed by atoms with Crippen LogP contribution in [0.2, 0.25) is 0 Å². The zero-order valence-electron chi connectivity index (χ0n) is 17.7. The fourth-order valence-corrected chi connectivity index (χ4v) is 3.60. The molecule has 2 aromatic heterocycles. The second-order valence-electron chi connectivity index (χ2n) is 7.81. The van der Waals surface area contributed by atoms with Gasteiger partial charge in [0.2, 0.25) is 0 Å². The minimum absolute atomic E-state index is 0.118. The molecule has 1 amide bonds. The van der Waals surface area contributed by atoms with Crippen LogP contribution in [-0.4, -0.2) is 32.3 Å². The Morgan fingerprint density at radius 2 is 1.74 bits per heavy atom. The lowest BCUT2D eigenvalue weighted by Crippen LogP contribution is -2.26. The van der Waals surface area contributed by atoms with Crippen molar-refractivity contribution in [1.29, 1.82) is 0 Å². The van der Waals surface area contributed by atoms with Gasteiger partial charge < -0.3 is 10.4 Å². The molecule has 4 rings (SSSR count). The third kappa shape index (κ3) is 4.49. The van der Waals surface area contributed by atoms with Crippen molar-refractivity contribution < 1.29 is 9.90 Å². The van der Waals surface area contributed by atoms with Crippen LogP contribution in [0.25, 0.3) is 22.3 Å². The normalized spacial score (nSPS) is 12.3. The van der Waals surface area contributed by atoms with Gasteiger partial charge in [-0.15, -0.1) is 0 Å². The first-order valence-electron chi connectivity index (χ1n) is 10.5. The number of aliphatic hydroxyl groups excluding tert-OH is 1. The van der Waals surface area contributed by atoms with E-state index in [4.69, 9.17) is 4.98 Å². The summed E-state index contributed by atoms with van der Waals surface area (Å²) < 4.78 is 1.83. The Morgan fingerprint density at radius 1 is 1.06 bits per heavy atom. The van der Waals surface area contributed by atoms with Gasteiger partial charge in [-0.25, -0.2) is 9.67 Å². The Morgan fingerprint density at radius 3 is 2.42 bits per heavy atom. The van der Waals surface area contributed by atoms with E-state index >= 15 is 0 Å². The van der Waals surface area contributed by atoms with E-state index in [0.717, 1.165) is 22.2 Å². The molecule has 4 aromatic rings. The first-order valence-corrected chi connectivity index (χ1v) is 10.5. The Balaban J connectivity index is 1.60. The molecule has 0 aliphatic carbocycles. The molecule has 0 saturated carbocycles. The fourth-order valence-electron chi connectivity index (χ4n) is 3.60. The van der Waals surface area contributed by atoms with Crippen LogP contribution in [0, 0.1) is 0 Å². The molecular formula is C25H26N4O2. The number of carbonyl (C=O) groups excluding carboxylic acids is 1. The van der Waals surface area contributed by atoms with Crippen LogP contribution in [0.4, 0.5) is 0 Å². The number of pyridine rings is 1. The van der Waals surface area contributed by atoms with Gasteiger partial charge in [-0.1, -0.05) is 60.7 Å². The lowest BCUT2D eigenvalue weighted by molar-refractivity contribution is 0.0944. The predicted molar refractivity (Wildman–Crippen MR) is 122 cm³/mol. The maximum Gasteiger partial charge on any atom is 0.252 e. The maximum atomic E-state index is 13.1. The Kier molecular flexibility index (Phi) is 6.09. The van der Waals surface area contributed by atoms with Crippen LogP contribution in [0.1, 0.15) is 48.3 Å². The van der Waals surface area contributed by atoms with Crippen LogP contribution in [0.5, 0.6) is 0 Å². The van der Waals surface area contributed by atoms with E-state index in [0.29, 0.717) is 24.2 Å². The molecule has 158 valence electrons. The standard InChI is InChI=1S/C25H26N4O2/c1-17(2)29-24-21(16-27-29)20(15-22(28-24)18-9-5-3-6-10-18)25(31)26-14-13-23(30)19-11-7-4-8-12-19/h3-12,15-17,23,30H,13-14H2,1-2H3,(H,26,31). The van der Waals surface area contributed by atoms with E-state index in [1.54, 1.807) is 6.20 Å². The van der Waals surface area contributed by atoms with Gasteiger partial charge in [0.25, 0.3) is 5.91 Å². The Labute approximate surface area is 181 Å². The highest BCUT2D eigenvalue weighted by Gasteiger charge is 2.18. The van der Waals surface area contributed by atoms with Crippen molar-refractivity contribution in [2.75, 3.05) is 6.54 Å². The molecule has 6 nitrogen and oxygen atoms in total. The summed E-state index contributed by atoms with van der Waals surface area (Å²) >= 11 is 0. The average Bonchev–Trinajstić information content (AvgIpc) is 3.24. The molecule has 0 saturated heterocycles. The molecule has 0 spiro atoms. The highest BCUT2D eigenvalue weighted by molar-refractivity contribution is 6.06. The van der Waals surface area contributed by atoms with E-state index in [9.17, 15) is 9.90 Å². The van der Waals surface area contributed by atoms with Gasteiger partial charge in [-0.05, 0) is 31.9 Å². The molecule has 0 aliphatic rings.